The monoisotopic (exact) mass is 238 g/mol. The van der Waals surface area contributed by atoms with Crippen LogP contribution in [0.5, 0.6) is 0 Å². The van der Waals surface area contributed by atoms with Gasteiger partial charge in [0, 0.05) is 6.04 Å². The highest BCUT2D eigenvalue weighted by Gasteiger charge is 2.15. The van der Waals surface area contributed by atoms with E-state index >= 15 is 0 Å². The van der Waals surface area contributed by atoms with E-state index in [1.165, 1.54) is 45.5 Å². The summed E-state index contributed by atoms with van der Waals surface area (Å²) in [6.07, 6.45) is 7.68. The van der Waals surface area contributed by atoms with Gasteiger partial charge in [-0.15, -0.1) is 0 Å². The molecule has 1 N–H and O–H groups in total. The van der Waals surface area contributed by atoms with E-state index in [4.69, 9.17) is 4.42 Å². The first-order valence-corrected chi connectivity index (χ1v) is 6.05. The lowest BCUT2D eigenvalue weighted by Crippen LogP contribution is -2.30. The second-order valence-corrected chi connectivity index (χ2v) is 4.33. The molecule has 5 heteroatoms. The summed E-state index contributed by atoms with van der Waals surface area (Å²) in [5, 5.41) is 3.40. The van der Waals surface area contributed by atoms with Crippen LogP contribution in [0.3, 0.4) is 0 Å². The van der Waals surface area contributed by atoms with Gasteiger partial charge in [0.15, 0.2) is 5.69 Å². The number of hydrogen-bond acceptors (Lipinski definition) is 5. The average Bonchev–Trinajstić information content (AvgIpc) is 2.85. The second kappa shape index (κ2) is 5.82. The molecule has 0 bridgehead atoms. The molecule has 0 amide bonds. The molecular formula is C12H18N2O3. The van der Waals surface area contributed by atoms with Crippen molar-refractivity contribution < 1.29 is 13.9 Å². The second-order valence-electron chi connectivity index (χ2n) is 4.33. The van der Waals surface area contributed by atoms with Gasteiger partial charge in [-0.2, -0.15) is 0 Å². The van der Waals surface area contributed by atoms with Gasteiger partial charge >= 0.3 is 5.97 Å². The van der Waals surface area contributed by atoms with E-state index in [0.717, 1.165) is 0 Å². The highest BCUT2D eigenvalue weighted by Crippen LogP contribution is 2.17. The van der Waals surface area contributed by atoms with Gasteiger partial charge in [0.1, 0.15) is 6.26 Å². The Morgan fingerprint density at radius 1 is 1.53 bits per heavy atom. The number of oxazole rings is 1. The first-order valence-electron chi connectivity index (χ1n) is 6.05. The predicted octanol–water partition coefficient (Wildman–Crippen LogP) is 1.88. The fraction of sp³-hybridized carbons (Fsp3) is 0.667. The molecule has 0 radical (unpaired) electrons. The van der Waals surface area contributed by atoms with Crippen molar-refractivity contribution in [2.75, 3.05) is 7.11 Å². The summed E-state index contributed by atoms with van der Waals surface area (Å²) in [5.74, 6) is 0.0774. The maximum absolute atomic E-state index is 11.2. The van der Waals surface area contributed by atoms with E-state index in [9.17, 15) is 4.79 Å². The van der Waals surface area contributed by atoms with E-state index in [-0.39, 0.29) is 5.69 Å². The zero-order valence-corrected chi connectivity index (χ0v) is 10.1. The summed E-state index contributed by atoms with van der Waals surface area (Å²) in [4.78, 5) is 15.2. The normalized spacial score (nSPS) is 17.0. The molecule has 94 valence electrons. The van der Waals surface area contributed by atoms with Crippen molar-refractivity contribution in [3.8, 4) is 0 Å². The Kier molecular flexibility index (Phi) is 4.14. The number of hydrogen-bond donors (Lipinski definition) is 1. The summed E-state index contributed by atoms with van der Waals surface area (Å²) < 4.78 is 9.77. The standard InChI is InChI=1S/C12H18N2O3/c1-16-12(15)10-8-17-11(14-10)7-13-9-5-3-2-4-6-9/h8-9,13H,2-7H2,1H3. The van der Waals surface area contributed by atoms with Gasteiger partial charge in [0.2, 0.25) is 5.89 Å². The smallest absolute Gasteiger partial charge is 0.360 e. The molecule has 0 aliphatic heterocycles. The van der Waals surface area contributed by atoms with E-state index in [1.54, 1.807) is 0 Å². The lowest BCUT2D eigenvalue weighted by Gasteiger charge is -2.21. The van der Waals surface area contributed by atoms with Crippen molar-refractivity contribution in [1.82, 2.24) is 10.3 Å². The summed E-state index contributed by atoms with van der Waals surface area (Å²) in [7, 11) is 1.33. The van der Waals surface area contributed by atoms with Gasteiger partial charge in [-0.1, -0.05) is 19.3 Å². The number of esters is 1. The predicted molar refractivity (Wildman–Crippen MR) is 61.6 cm³/mol. The van der Waals surface area contributed by atoms with Crippen LogP contribution < -0.4 is 5.32 Å². The summed E-state index contributed by atoms with van der Waals surface area (Å²) in [6.45, 7) is 0.571. The molecule has 17 heavy (non-hydrogen) atoms. The highest BCUT2D eigenvalue weighted by molar-refractivity contribution is 5.86. The SMILES string of the molecule is COC(=O)c1coc(CNC2CCCCC2)n1. The van der Waals surface area contributed by atoms with Crippen LogP contribution >= 0.6 is 0 Å². The highest BCUT2D eigenvalue weighted by atomic mass is 16.5. The number of ether oxygens (including phenoxy) is 1. The quantitative estimate of drug-likeness (QED) is 0.811. The molecule has 1 saturated carbocycles. The number of carbonyl (C=O) groups excluding carboxylic acids is 1. The third kappa shape index (κ3) is 3.30. The maximum Gasteiger partial charge on any atom is 0.360 e. The van der Waals surface area contributed by atoms with Crippen molar-refractivity contribution in [3.05, 3.63) is 17.8 Å². The Bertz CT molecular complexity index is 370. The number of aromatic nitrogens is 1. The number of rotatable bonds is 4. The fourth-order valence-electron chi connectivity index (χ4n) is 2.13. The minimum Gasteiger partial charge on any atom is -0.464 e. The first kappa shape index (κ1) is 12.1. The molecule has 0 saturated heterocycles. The molecule has 5 nitrogen and oxygen atoms in total. The van der Waals surface area contributed by atoms with Crippen LogP contribution in [0.4, 0.5) is 0 Å². The van der Waals surface area contributed by atoms with E-state index in [1.807, 2.05) is 0 Å². The molecule has 1 heterocycles. The number of carbonyl (C=O) groups is 1. The molecule has 0 unspecified atom stereocenters. The van der Waals surface area contributed by atoms with Crippen molar-refractivity contribution >= 4 is 5.97 Å². The molecule has 0 spiro atoms. The Morgan fingerprint density at radius 3 is 3.00 bits per heavy atom. The van der Waals surface area contributed by atoms with Gasteiger partial charge in [0.05, 0.1) is 13.7 Å². The molecule has 0 atom stereocenters. The van der Waals surface area contributed by atoms with Gasteiger partial charge in [-0.3, -0.25) is 0 Å². The van der Waals surface area contributed by atoms with Gasteiger partial charge in [-0.25, -0.2) is 9.78 Å². The van der Waals surface area contributed by atoms with Crippen LogP contribution in [-0.4, -0.2) is 24.1 Å². The van der Waals surface area contributed by atoms with Crippen molar-refractivity contribution in [3.63, 3.8) is 0 Å². The summed E-state index contributed by atoms with van der Waals surface area (Å²) in [6, 6.07) is 0.553. The largest absolute Gasteiger partial charge is 0.464 e. The van der Waals surface area contributed by atoms with Crippen LogP contribution in [0.2, 0.25) is 0 Å². The Balaban J connectivity index is 1.82. The minimum absolute atomic E-state index is 0.230. The molecule has 1 aliphatic carbocycles. The van der Waals surface area contributed by atoms with Crippen LogP contribution in [0.1, 0.15) is 48.5 Å². The number of nitrogens with zero attached hydrogens (tertiary/aromatic N) is 1. The van der Waals surface area contributed by atoms with Crippen LogP contribution in [-0.2, 0) is 11.3 Å². The first-order chi connectivity index (χ1) is 8.29. The minimum atomic E-state index is -0.460. The molecule has 1 aromatic rings. The lowest BCUT2D eigenvalue weighted by molar-refractivity contribution is 0.0594. The molecule has 0 aromatic carbocycles. The average molecular weight is 238 g/mol. The number of methoxy groups -OCH3 is 1. The van der Waals surface area contributed by atoms with Gasteiger partial charge < -0.3 is 14.5 Å². The van der Waals surface area contributed by atoms with Crippen molar-refractivity contribution in [2.45, 2.75) is 44.7 Å². The molecule has 1 aliphatic rings. The molecule has 1 fully saturated rings. The summed E-state index contributed by atoms with van der Waals surface area (Å²) >= 11 is 0. The number of nitrogens with one attached hydrogen (secondary N) is 1. The van der Waals surface area contributed by atoms with Crippen LogP contribution in [0.15, 0.2) is 10.7 Å². The van der Waals surface area contributed by atoms with E-state index in [2.05, 4.69) is 15.0 Å². The van der Waals surface area contributed by atoms with E-state index in [0.29, 0.717) is 18.5 Å². The summed E-state index contributed by atoms with van der Waals surface area (Å²) in [5.41, 5.74) is 0.230. The Morgan fingerprint density at radius 2 is 2.29 bits per heavy atom. The molecule has 1 aromatic heterocycles. The molecule has 2 rings (SSSR count). The third-order valence-corrected chi connectivity index (χ3v) is 3.09. The Hall–Kier alpha value is -1.36. The van der Waals surface area contributed by atoms with Crippen molar-refractivity contribution in [1.29, 1.82) is 0 Å². The van der Waals surface area contributed by atoms with Crippen LogP contribution in [0, 0.1) is 0 Å². The zero-order valence-electron chi connectivity index (χ0n) is 10.1. The zero-order chi connectivity index (χ0) is 12.1. The maximum atomic E-state index is 11.2. The van der Waals surface area contributed by atoms with Crippen LogP contribution in [0.25, 0.3) is 0 Å². The third-order valence-electron chi connectivity index (χ3n) is 3.09. The topological polar surface area (TPSA) is 64.4 Å². The fourth-order valence-corrected chi connectivity index (χ4v) is 2.13. The van der Waals surface area contributed by atoms with E-state index < -0.39 is 5.97 Å². The lowest BCUT2D eigenvalue weighted by atomic mass is 9.95. The van der Waals surface area contributed by atoms with Gasteiger partial charge in [0.25, 0.3) is 0 Å². The Labute approximate surface area is 101 Å². The molecular weight excluding hydrogens is 220 g/mol. The van der Waals surface area contributed by atoms with Crippen molar-refractivity contribution in [2.24, 2.45) is 0 Å². The van der Waals surface area contributed by atoms with Gasteiger partial charge in [-0.05, 0) is 12.8 Å².